The summed E-state index contributed by atoms with van der Waals surface area (Å²) in [7, 11) is 1.81. The largest absolute Gasteiger partial charge is 0.387 e. The number of rotatable bonds is 5. The number of aromatic nitrogens is 4. The van der Waals surface area contributed by atoms with Gasteiger partial charge in [-0.15, -0.1) is 0 Å². The summed E-state index contributed by atoms with van der Waals surface area (Å²) >= 11 is 0. The standard InChI is InChI=1S/C28H31FN6O2/c1-14(36)20-7-5-16-11-23(34(26(16)31-20)12-15-3-4-15)27-32-21-10-18(9-19(29)25(21)33(27)2)28(37)35-13-17-6-8-22(35)24(17)30/h5,7,9-11,14-15,17,22,24,36H,3-4,6,8,12-13,30H2,1-2H3/t14?,17?,22?,24-/m1/s1. The van der Waals surface area contributed by atoms with E-state index in [0.717, 1.165) is 36.1 Å². The Bertz CT molecular complexity index is 1570. The molecule has 3 unspecified atom stereocenters. The Hall–Kier alpha value is -3.30. The van der Waals surface area contributed by atoms with E-state index in [4.69, 9.17) is 15.7 Å². The van der Waals surface area contributed by atoms with Crippen molar-refractivity contribution in [2.24, 2.45) is 24.6 Å². The number of carbonyl (C=O) groups is 1. The van der Waals surface area contributed by atoms with Gasteiger partial charge < -0.3 is 24.9 Å². The molecule has 3 aliphatic rings. The van der Waals surface area contributed by atoms with Crippen molar-refractivity contribution in [1.29, 1.82) is 0 Å². The van der Waals surface area contributed by atoms with Gasteiger partial charge in [0.15, 0.2) is 5.82 Å². The maximum atomic E-state index is 15.5. The first-order chi connectivity index (χ1) is 17.8. The van der Waals surface area contributed by atoms with Crippen LogP contribution in [-0.4, -0.2) is 53.6 Å². The Morgan fingerprint density at radius 1 is 1.19 bits per heavy atom. The third-order valence-electron chi connectivity index (χ3n) is 8.64. The van der Waals surface area contributed by atoms with Crippen LogP contribution in [0.25, 0.3) is 33.6 Å². The quantitative estimate of drug-likeness (QED) is 0.433. The van der Waals surface area contributed by atoms with Gasteiger partial charge in [-0.2, -0.15) is 0 Å². The summed E-state index contributed by atoms with van der Waals surface area (Å²) in [5.41, 5.74) is 9.70. The number of carbonyl (C=O) groups excluding carboxylic acids is 1. The van der Waals surface area contributed by atoms with Crippen molar-refractivity contribution in [3.05, 3.63) is 47.4 Å². The Morgan fingerprint density at radius 2 is 2.00 bits per heavy atom. The van der Waals surface area contributed by atoms with E-state index in [1.807, 2.05) is 30.1 Å². The maximum absolute atomic E-state index is 15.5. The molecule has 3 aromatic heterocycles. The van der Waals surface area contributed by atoms with Gasteiger partial charge in [0, 0.05) is 43.2 Å². The molecule has 192 valence electrons. The zero-order chi connectivity index (χ0) is 25.6. The highest BCUT2D eigenvalue weighted by Gasteiger charge is 2.47. The number of aryl methyl sites for hydroxylation is 1. The van der Waals surface area contributed by atoms with Gasteiger partial charge in [0.05, 0.1) is 23.0 Å². The molecule has 2 saturated carbocycles. The van der Waals surface area contributed by atoms with Crippen LogP contribution < -0.4 is 5.73 Å². The van der Waals surface area contributed by atoms with Gasteiger partial charge in [0.25, 0.3) is 5.91 Å². The molecule has 3 N–H and O–H groups in total. The van der Waals surface area contributed by atoms with Crippen LogP contribution >= 0.6 is 0 Å². The summed E-state index contributed by atoms with van der Waals surface area (Å²) < 4.78 is 19.4. The van der Waals surface area contributed by atoms with Crippen LogP contribution in [0.1, 0.15) is 54.8 Å². The van der Waals surface area contributed by atoms with E-state index >= 15 is 4.39 Å². The molecule has 4 aromatic rings. The number of aliphatic hydroxyl groups is 1. The number of hydrogen-bond donors (Lipinski definition) is 2. The fourth-order valence-corrected chi connectivity index (χ4v) is 6.40. The van der Waals surface area contributed by atoms with E-state index < -0.39 is 11.9 Å². The lowest BCUT2D eigenvalue weighted by atomic mass is 10.1. The number of imidazole rings is 1. The number of nitrogens with zero attached hydrogens (tertiary/aromatic N) is 5. The van der Waals surface area contributed by atoms with Gasteiger partial charge in [0.2, 0.25) is 0 Å². The van der Waals surface area contributed by atoms with Gasteiger partial charge in [-0.25, -0.2) is 14.4 Å². The topological polar surface area (TPSA) is 102 Å². The molecule has 1 aliphatic heterocycles. The number of piperidine rings is 1. The first-order valence-electron chi connectivity index (χ1n) is 13.2. The average molecular weight is 503 g/mol. The molecule has 0 spiro atoms. The lowest BCUT2D eigenvalue weighted by Crippen LogP contribution is -2.41. The van der Waals surface area contributed by atoms with Crippen molar-refractivity contribution < 1.29 is 14.3 Å². The highest BCUT2D eigenvalue weighted by Crippen LogP contribution is 2.39. The second kappa shape index (κ2) is 8.10. The highest BCUT2D eigenvalue weighted by molar-refractivity contribution is 5.98. The number of likely N-dealkylation sites (tertiary alicyclic amines) is 1. The Balaban J connectivity index is 1.33. The Kier molecular flexibility index (Phi) is 5.00. The van der Waals surface area contributed by atoms with Crippen molar-refractivity contribution in [2.75, 3.05) is 6.54 Å². The predicted octanol–water partition coefficient (Wildman–Crippen LogP) is 3.75. The number of nitrogens with two attached hydrogens (primary N) is 1. The van der Waals surface area contributed by atoms with Crippen LogP contribution in [-0.2, 0) is 13.6 Å². The van der Waals surface area contributed by atoms with Gasteiger partial charge >= 0.3 is 0 Å². The van der Waals surface area contributed by atoms with Crippen molar-refractivity contribution in [3.63, 3.8) is 0 Å². The molecule has 4 atom stereocenters. The molecule has 1 amide bonds. The van der Waals surface area contributed by atoms with Gasteiger partial charge in [-0.05, 0) is 74.8 Å². The number of halogens is 1. The summed E-state index contributed by atoms with van der Waals surface area (Å²) in [6.45, 7) is 3.14. The van der Waals surface area contributed by atoms with E-state index in [2.05, 4.69) is 4.57 Å². The van der Waals surface area contributed by atoms with Crippen molar-refractivity contribution in [1.82, 2.24) is 24.0 Å². The minimum atomic E-state index is -0.668. The minimum Gasteiger partial charge on any atom is -0.387 e. The summed E-state index contributed by atoms with van der Waals surface area (Å²) in [5.74, 6) is 0.894. The zero-order valence-corrected chi connectivity index (χ0v) is 21.1. The van der Waals surface area contributed by atoms with Crippen LogP contribution in [0.2, 0.25) is 0 Å². The maximum Gasteiger partial charge on any atom is 0.254 e. The Labute approximate surface area is 213 Å². The predicted molar refractivity (Wildman–Crippen MR) is 138 cm³/mol. The first-order valence-corrected chi connectivity index (χ1v) is 13.2. The van der Waals surface area contributed by atoms with Crippen LogP contribution in [0.5, 0.6) is 0 Å². The summed E-state index contributed by atoms with van der Waals surface area (Å²) in [6, 6.07) is 8.92. The molecule has 37 heavy (non-hydrogen) atoms. The molecule has 8 nitrogen and oxygen atoms in total. The lowest BCUT2D eigenvalue weighted by molar-refractivity contribution is 0.0700. The van der Waals surface area contributed by atoms with E-state index in [9.17, 15) is 9.90 Å². The summed E-state index contributed by atoms with van der Waals surface area (Å²) in [4.78, 5) is 24.8. The van der Waals surface area contributed by atoms with Gasteiger partial charge in [-0.3, -0.25) is 4.79 Å². The molecule has 2 bridgehead atoms. The van der Waals surface area contributed by atoms with E-state index in [0.29, 0.717) is 46.5 Å². The molecule has 4 heterocycles. The third kappa shape index (κ3) is 3.51. The fraction of sp³-hybridized carbons (Fsp3) is 0.464. The Morgan fingerprint density at radius 3 is 2.68 bits per heavy atom. The number of benzene rings is 1. The van der Waals surface area contributed by atoms with E-state index in [1.165, 1.54) is 18.9 Å². The van der Waals surface area contributed by atoms with Gasteiger partial charge in [-0.1, -0.05) is 0 Å². The zero-order valence-electron chi connectivity index (χ0n) is 21.1. The molecule has 3 fully saturated rings. The molecule has 1 aromatic carbocycles. The normalized spacial score (nSPS) is 24.0. The highest BCUT2D eigenvalue weighted by atomic mass is 19.1. The number of fused-ring (bicyclic) bond motifs is 4. The molecular weight excluding hydrogens is 471 g/mol. The van der Waals surface area contributed by atoms with E-state index in [1.54, 1.807) is 17.6 Å². The third-order valence-corrected chi connectivity index (χ3v) is 8.64. The average Bonchev–Trinajstić information content (AvgIpc) is 3.27. The second-order valence-electron chi connectivity index (χ2n) is 11.2. The molecule has 1 saturated heterocycles. The van der Waals surface area contributed by atoms with Crippen molar-refractivity contribution in [2.45, 2.75) is 57.3 Å². The summed E-state index contributed by atoms with van der Waals surface area (Å²) in [6.07, 6.45) is 3.62. The monoisotopic (exact) mass is 502 g/mol. The second-order valence-corrected chi connectivity index (χ2v) is 11.2. The smallest absolute Gasteiger partial charge is 0.254 e. The molecule has 0 radical (unpaired) electrons. The van der Waals surface area contributed by atoms with Crippen LogP contribution in [0.4, 0.5) is 4.39 Å². The van der Waals surface area contributed by atoms with Crippen LogP contribution in [0.3, 0.4) is 0 Å². The number of aliphatic hydroxyl groups excluding tert-OH is 1. The molecule has 2 aliphatic carbocycles. The minimum absolute atomic E-state index is 0.00955. The molecule has 7 rings (SSSR count). The number of hydrogen-bond acceptors (Lipinski definition) is 5. The number of amides is 1. The SMILES string of the molecule is CC(O)c1ccc2cc(-c3nc4cc(C(=O)N5CC6CCC5[C@@H]6N)cc(F)c4n3C)n(CC3CC3)c2n1. The van der Waals surface area contributed by atoms with Gasteiger partial charge in [0.1, 0.15) is 17.0 Å². The first kappa shape index (κ1) is 22.9. The fourth-order valence-electron chi connectivity index (χ4n) is 6.40. The summed E-state index contributed by atoms with van der Waals surface area (Å²) in [5, 5.41) is 11.0. The molecular formula is C28H31FN6O2. The van der Waals surface area contributed by atoms with Crippen LogP contribution in [0.15, 0.2) is 30.3 Å². The van der Waals surface area contributed by atoms with Crippen molar-refractivity contribution >= 4 is 28.0 Å². The molecule has 9 heteroatoms. The van der Waals surface area contributed by atoms with Crippen LogP contribution in [0, 0.1) is 17.7 Å². The number of pyridine rings is 1. The lowest BCUT2D eigenvalue weighted by Gasteiger charge is -2.27. The van der Waals surface area contributed by atoms with Crippen molar-refractivity contribution in [3.8, 4) is 11.5 Å². The van der Waals surface area contributed by atoms with E-state index in [-0.39, 0.29) is 18.0 Å².